The van der Waals surface area contributed by atoms with Gasteiger partial charge in [-0.3, -0.25) is 9.78 Å². The fourth-order valence-corrected chi connectivity index (χ4v) is 1.95. The van der Waals surface area contributed by atoms with Crippen molar-refractivity contribution >= 4 is 21.7 Å². The van der Waals surface area contributed by atoms with E-state index in [0.29, 0.717) is 5.56 Å². The Labute approximate surface area is 88.6 Å². The van der Waals surface area contributed by atoms with Crippen molar-refractivity contribution in [3.8, 4) is 0 Å². The van der Waals surface area contributed by atoms with Gasteiger partial charge in [-0.1, -0.05) is 6.07 Å². The van der Waals surface area contributed by atoms with Gasteiger partial charge in [0.05, 0.1) is 0 Å². The van der Waals surface area contributed by atoms with Gasteiger partial charge in [-0.2, -0.15) is 0 Å². The molecule has 0 atom stereocenters. The molecule has 0 fully saturated rings. The summed E-state index contributed by atoms with van der Waals surface area (Å²) in [6, 6.07) is 3.35. The summed E-state index contributed by atoms with van der Waals surface area (Å²) in [4.78, 5) is 14.8. The molecule has 80 valence electrons. The van der Waals surface area contributed by atoms with Crippen LogP contribution < -0.4 is 0 Å². The molecule has 0 bridgehead atoms. The number of pyridine rings is 1. The van der Waals surface area contributed by atoms with E-state index in [4.69, 9.17) is 0 Å². The molecule has 0 saturated carbocycles. The zero-order chi connectivity index (χ0) is 11.5. The number of nitrogens with zero attached hydrogens (tertiary/aromatic N) is 1. The Hall–Kier alpha value is -1.49. The van der Waals surface area contributed by atoms with Crippen LogP contribution in [0, 0.1) is 0 Å². The third-order valence-corrected chi connectivity index (χ3v) is 2.93. The van der Waals surface area contributed by atoms with Crippen molar-refractivity contribution in [2.24, 2.45) is 0 Å². The largest absolute Gasteiger partial charge is 0.294 e. The highest BCUT2D eigenvalue weighted by Gasteiger charge is 2.15. The van der Waals surface area contributed by atoms with Crippen molar-refractivity contribution in [1.29, 1.82) is 0 Å². The first-order chi connectivity index (χ1) is 6.91. The molecule has 1 aromatic rings. The highest BCUT2D eigenvalue weighted by Crippen LogP contribution is 2.11. The SMILES string of the molecule is CC(=O)C(=Cc1cccnc1)S(C)(=O)=O. The summed E-state index contributed by atoms with van der Waals surface area (Å²) in [5.41, 5.74) is 0.591. The Bertz CT molecular complexity index is 489. The topological polar surface area (TPSA) is 64.1 Å². The summed E-state index contributed by atoms with van der Waals surface area (Å²) in [6.07, 6.45) is 5.40. The lowest BCUT2D eigenvalue weighted by Gasteiger charge is -2.00. The lowest BCUT2D eigenvalue weighted by atomic mass is 10.2. The van der Waals surface area contributed by atoms with Gasteiger partial charge < -0.3 is 0 Å². The third kappa shape index (κ3) is 3.28. The summed E-state index contributed by atoms with van der Waals surface area (Å²) < 4.78 is 22.5. The van der Waals surface area contributed by atoms with E-state index in [1.807, 2.05) is 0 Å². The predicted octanol–water partition coefficient (Wildman–Crippen LogP) is 1.06. The average Bonchev–Trinajstić information content (AvgIpc) is 2.13. The van der Waals surface area contributed by atoms with Crippen LogP contribution in [-0.2, 0) is 14.6 Å². The second kappa shape index (κ2) is 4.35. The van der Waals surface area contributed by atoms with Crippen LogP contribution in [0.5, 0.6) is 0 Å². The zero-order valence-electron chi connectivity index (χ0n) is 8.47. The van der Waals surface area contributed by atoms with Crippen molar-refractivity contribution in [3.05, 3.63) is 35.0 Å². The summed E-state index contributed by atoms with van der Waals surface area (Å²) in [7, 11) is -3.48. The number of hydrogen-bond acceptors (Lipinski definition) is 4. The Morgan fingerprint density at radius 3 is 2.53 bits per heavy atom. The molecule has 0 saturated heterocycles. The second-order valence-corrected chi connectivity index (χ2v) is 5.11. The van der Waals surface area contributed by atoms with E-state index in [0.717, 1.165) is 6.26 Å². The number of Topliss-reactive ketones (excluding diaryl/α,β-unsaturated/α-hetero) is 1. The number of carbonyl (C=O) groups excluding carboxylic acids is 1. The quantitative estimate of drug-likeness (QED) is 0.721. The Balaban J connectivity index is 3.24. The molecule has 0 amide bonds. The predicted molar refractivity (Wildman–Crippen MR) is 57.7 cm³/mol. The standard InChI is InChI=1S/C10H11NO3S/c1-8(12)10(15(2,13)14)6-9-4-3-5-11-7-9/h3-7H,1-2H3. The van der Waals surface area contributed by atoms with Gasteiger partial charge in [0.1, 0.15) is 4.91 Å². The average molecular weight is 225 g/mol. The monoisotopic (exact) mass is 225 g/mol. The first kappa shape index (κ1) is 11.6. The number of aromatic nitrogens is 1. The van der Waals surface area contributed by atoms with Gasteiger partial charge in [-0.05, 0) is 24.6 Å². The first-order valence-electron chi connectivity index (χ1n) is 4.24. The Morgan fingerprint density at radius 2 is 2.13 bits per heavy atom. The summed E-state index contributed by atoms with van der Waals surface area (Å²) in [6.45, 7) is 1.23. The Kier molecular flexibility index (Phi) is 3.36. The molecule has 0 N–H and O–H groups in total. The van der Waals surface area contributed by atoms with Gasteiger partial charge in [0.2, 0.25) is 0 Å². The molecule has 0 radical (unpaired) electrons. The molecule has 0 unspecified atom stereocenters. The third-order valence-electron chi connectivity index (χ3n) is 1.73. The maximum absolute atomic E-state index is 11.3. The lowest BCUT2D eigenvalue weighted by Crippen LogP contribution is -2.08. The van der Waals surface area contributed by atoms with Crippen LogP contribution in [0.2, 0.25) is 0 Å². The molecule has 0 aliphatic rings. The van der Waals surface area contributed by atoms with Crippen LogP contribution >= 0.6 is 0 Å². The van der Waals surface area contributed by atoms with Crippen LogP contribution in [-0.4, -0.2) is 25.4 Å². The van der Waals surface area contributed by atoms with Crippen molar-refractivity contribution in [3.63, 3.8) is 0 Å². The van der Waals surface area contributed by atoms with Gasteiger partial charge >= 0.3 is 0 Å². The van der Waals surface area contributed by atoms with Gasteiger partial charge in [-0.15, -0.1) is 0 Å². The molecule has 0 aromatic carbocycles. The maximum atomic E-state index is 11.3. The Morgan fingerprint density at radius 1 is 1.47 bits per heavy atom. The van der Waals surface area contributed by atoms with Gasteiger partial charge in [-0.25, -0.2) is 8.42 Å². The minimum atomic E-state index is -3.48. The highest BCUT2D eigenvalue weighted by molar-refractivity contribution is 7.95. The number of rotatable bonds is 3. The fourth-order valence-electron chi connectivity index (χ4n) is 1.08. The molecule has 4 nitrogen and oxygen atoms in total. The smallest absolute Gasteiger partial charge is 0.179 e. The molecule has 1 rings (SSSR count). The summed E-state index contributed by atoms with van der Waals surface area (Å²) in [5, 5.41) is 0. The van der Waals surface area contributed by atoms with E-state index < -0.39 is 15.6 Å². The minimum absolute atomic E-state index is 0.199. The summed E-state index contributed by atoms with van der Waals surface area (Å²) in [5.74, 6) is -0.471. The van der Waals surface area contributed by atoms with Crippen molar-refractivity contribution < 1.29 is 13.2 Å². The minimum Gasteiger partial charge on any atom is -0.294 e. The normalized spacial score (nSPS) is 12.5. The zero-order valence-corrected chi connectivity index (χ0v) is 9.28. The van der Waals surface area contributed by atoms with Crippen LogP contribution in [0.4, 0.5) is 0 Å². The number of ketones is 1. The molecule has 5 heteroatoms. The first-order valence-corrected chi connectivity index (χ1v) is 6.13. The molecule has 1 aromatic heterocycles. The van der Waals surface area contributed by atoms with Crippen LogP contribution in [0.15, 0.2) is 29.4 Å². The van der Waals surface area contributed by atoms with E-state index in [1.54, 1.807) is 18.3 Å². The molecule has 15 heavy (non-hydrogen) atoms. The summed E-state index contributed by atoms with van der Waals surface area (Å²) >= 11 is 0. The van der Waals surface area contributed by atoms with Crippen LogP contribution in [0.3, 0.4) is 0 Å². The number of sulfone groups is 1. The molecule has 0 spiro atoms. The lowest BCUT2D eigenvalue weighted by molar-refractivity contribution is -0.112. The molecule has 1 heterocycles. The maximum Gasteiger partial charge on any atom is 0.179 e. The molecule has 0 aliphatic heterocycles. The van der Waals surface area contributed by atoms with Gasteiger partial charge in [0.15, 0.2) is 15.6 Å². The fraction of sp³-hybridized carbons (Fsp3) is 0.200. The highest BCUT2D eigenvalue weighted by atomic mass is 32.2. The molecular formula is C10H11NO3S. The van der Waals surface area contributed by atoms with Crippen LogP contribution in [0.25, 0.3) is 6.08 Å². The van der Waals surface area contributed by atoms with Gasteiger partial charge in [0, 0.05) is 18.6 Å². The number of carbonyl (C=O) groups is 1. The molecular weight excluding hydrogens is 214 g/mol. The second-order valence-electron chi connectivity index (χ2n) is 3.12. The van der Waals surface area contributed by atoms with E-state index in [1.165, 1.54) is 19.2 Å². The van der Waals surface area contributed by atoms with E-state index in [-0.39, 0.29) is 4.91 Å². The van der Waals surface area contributed by atoms with Crippen molar-refractivity contribution in [1.82, 2.24) is 4.98 Å². The van der Waals surface area contributed by atoms with Crippen molar-refractivity contribution in [2.75, 3.05) is 6.26 Å². The van der Waals surface area contributed by atoms with Gasteiger partial charge in [0.25, 0.3) is 0 Å². The van der Waals surface area contributed by atoms with E-state index in [2.05, 4.69) is 4.98 Å². The van der Waals surface area contributed by atoms with Crippen LogP contribution in [0.1, 0.15) is 12.5 Å². The molecule has 0 aliphatic carbocycles. The number of hydrogen-bond donors (Lipinski definition) is 0. The van der Waals surface area contributed by atoms with E-state index in [9.17, 15) is 13.2 Å². The number of allylic oxidation sites excluding steroid dienone is 1. The van der Waals surface area contributed by atoms with E-state index >= 15 is 0 Å². The van der Waals surface area contributed by atoms with Crippen molar-refractivity contribution in [2.45, 2.75) is 6.92 Å².